The Labute approximate surface area is 224 Å². The van der Waals surface area contributed by atoms with Crippen LogP contribution in [0.2, 0.25) is 0 Å². The highest BCUT2D eigenvalue weighted by atomic mass is 19.4. The summed E-state index contributed by atoms with van der Waals surface area (Å²) in [5, 5.41) is 10.6. The number of rotatable bonds is 7. The lowest BCUT2D eigenvalue weighted by Crippen LogP contribution is -2.51. The molecule has 0 unspecified atom stereocenters. The Morgan fingerprint density at radius 2 is 1.64 bits per heavy atom. The van der Waals surface area contributed by atoms with Gasteiger partial charge >= 0.3 is 12.3 Å². The maximum absolute atomic E-state index is 13.2. The number of carbonyl (C=O) groups excluding carboxylic acids is 1. The third-order valence-electron chi connectivity index (χ3n) is 6.83. The van der Waals surface area contributed by atoms with E-state index < -0.39 is 35.6 Å². The molecule has 39 heavy (non-hydrogen) atoms. The summed E-state index contributed by atoms with van der Waals surface area (Å²) in [5.74, 6) is 0. The van der Waals surface area contributed by atoms with Crippen LogP contribution in [0.1, 0.15) is 50.8 Å². The number of pyridine rings is 1. The first-order valence-electron chi connectivity index (χ1n) is 12.4. The molecule has 7 nitrogen and oxygen atoms in total. The summed E-state index contributed by atoms with van der Waals surface area (Å²) in [7, 11) is 0. The SMILES string of the molecule is C[C@@H](c1ccc(-c2ccn(CC(F)(F)F)c(=O)c2)cc1)N1CC[C@](CC(C)(C)O)(c2ccccc2)OC1=O.O. The van der Waals surface area contributed by atoms with Crippen LogP contribution in [-0.2, 0) is 16.9 Å². The van der Waals surface area contributed by atoms with Crippen molar-refractivity contribution in [1.82, 2.24) is 9.47 Å². The van der Waals surface area contributed by atoms with Gasteiger partial charge in [0.15, 0.2) is 0 Å². The molecule has 0 radical (unpaired) electrons. The molecule has 1 saturated heterocycles. The lowest BCUT2D eigenvalue weighted by Gasteiger charge is -2.45. The minimum absolute atomic E-state index is 0. The van der Waals surface area contributed by atoms with Crippen LogP contribution in [0.25, 0.3) is 11.1 Å². The molecule has 2 aromatic carbocycles. The number of ether oxygens (including phenoxy) is 1. The molecule has 0 spiro atoms. The molecule has 0 saturated carbocycles. The minimum atomic E-state index is -4.48. The number of cyclic esters (lactones) is 1. The van der Waals surface area contributed by atoms with Gasteiger partial charge in [0.05, 0.1) is 11.6 Å². The molecule has 10 heteroatoms. The molecule has 0 aliphatic carbocycles. The van der Waals surface area contributed by atoms with Crippen molar-refractivity contribution in [2.24, 2.45) is 0 Å². The van der Waals surface area contributed by atoms with Gasteiger partial charge in [-0.15, -0.1) is 0 Å². The molecule has 0 bridgehead atoms. The standard InChI is InChI=1S/C29H31F3N2O4.H2O/c1-20(21-9-11-22(12-10-21)23-13-15-33(25(35)17-23)19-29(30,31)32)34-16-14-28(38-26(34)36,18-27(2,3)37)24-7-5-4-6-8-24;/h4-13,15,17,20,37H,14,16,18-19H2,1-3H3;1H2/t20-,28-;/m0./s1. The molecule has 1 aliphatic heterocycles. The second-order valence-corrected chi connectivity index (χ2v) is 10.5. The van der Waals surface area contributed by atoms with Crippen molar-refractivity contribution in [1.29, 1.82) is 0 Å². The highest BCUT2D eigenvalue weighted by molar-refractivity contribution is 5.70. The van der Waals surface area contributed by atoms with E-state index >= 15 is 0 Å². The predicted molar refractivity (Wildman–Crippen MR) is 141 cm³/mol. The molecule has 2 heterocycles. The highest BCUT2D eigenvalue weighted by Gasteiger charge is 2.46. The number of alkyl halides is 3. The molecule has 1 fully saturated rings. The van der Waals surface area contributed by atoms with E-state index in [1.54, 1.807) is 30.9 Å². The van der Waals surface area contributed by atoms with Crippen LogP contribution in [0.5, 0.6) is 0 Å². The van der Waals surface area contributed by atoms with Crippen LogP contribution < -0.4 is 5.56 Å². The van der Waals surface area contributed by atoms with E-state index in [4.69, 9.17) is 4.74 Å². The maximum atomic E-state index is 13.2. The number of hydrogen-bond donors (Lipinski definition) is 1. The maximum Gasteiger partial charge on any atom is 0.411 e. The van der Waals surface area contributed by atoms with Gasteiger partial charge in [-0.3, -0.25) is 4.79 Å². The Morgan fingerprint density at radius 1 is 1.00 bits per heavy atom. The van der Waals surface area contributed by atoms with Gasteiger partial charge in [0, 0.05) is 31.6 Å². The molecule has 3 N–H and O–H groups in total. The van der Waals surface area contributed by atoms with Crippen molar-refractivity contribution in [2.75, 3.05) is 6.54 Å². The zero-order chi connectivity index (χ0) is 27.7. The first-order chi connectivity index (χ1) is 17.8. The first kappa shape index (κ1) is 29.9. The normalized spacial score (nSPS) is 18.7. The van der Waals surface area contributed by atoms with Gasteiger partial charge in [0.2, 0.25) is 0 Å². The number of nitrogens with zero attached hydrogens (tertiary/aromatic N) is 2. The number of carbonyl (C=O) groups is 1. The van der Waals surface area contributed by atoms with Crippen molar-refractivity contribution in [2.45, 2.75) is 63.6 Å². The summed E-state index contributed by atoms with van der Waals surface area (Å²) in [6, 6.07) is 19.0. The second kappa shape index (κ2) is 11.2. The van der Waals surface area contributed by atoms with Gasteiger partial charge in [-0.2, -0.15) is 13.2 Å². The number of aromatic nitrogens is 1. The van der Waals surface area contributed by atoms with Crippen molar-refractivity contribution >= 4 is 6.09 Å². The molecular formula is C29H33F3N2O5. The van der Waals surface area contributed by atoms with Crippen LogP contribution in [0, 0.1) is 0 Å². The summed E-state index contributed by atoms with van der Waals surface area (Å²) >= 11 is 0. The topological polar surface area (TPSA) is 103 Å². The smallest absolute Gasteiger partial charge is 0.411 e. The summed E-state index contributed by atoms with van der Waals surface area (Å²) in [6.45, 7) is 4.36. The van der Waals surface area contributed by atoms with E-state index in [9.17, 15) is 27.9 Å². The van der Waals surface area contributed by atoms with Crippen LogP contribution in [0.3, 0.4) is 0 Å². The lowest BCUT2D eigenvalue weighted by atomic mass is 9.80. The minimum Gasteiger partial charge on any atom is -0.438 e. The van der Waals surface area contributed by atoms with Crippen LogP contribution in [0.15, 0.2) is 77.7 Å². The predicted octanol–water partition coefficient (Wildman–Crippen LogP) is 5.21. The molecule has 1 amide bonds. The van der Waals surface area contributed by atoms with Crippen molar-refractivity contribution < 1.29 is 33.3 Å². The Bertz CT molecular complexity index is 1330. The highest BCUT2D eigenvalue weighted by Crippen LogP contribution is 2.42. The second-order valence-electron chi connectivity index (χ2n) is 10.5. The van der Waals surface area contributed by atoms with Crippen LogP contribution in [0.4, 0.5) is 18.0 Å². The number of hydrogen-bond acceptors (Lipinski definition) is 4. The number of amides is 1. The summed E-state index contributed by atoms with van der Waals surface area (Å²) < 4.78 is 44.6. The van der Waals surface area contributed by atoms with E-state index in [-0.39, 0.29) is 17.9 Å². The summed E-state index contributed by atoms with van der Waals surface area (Å²) in [5.41, 5.74) is 0.128. The first-order valence-corrected chi connectivity index (χ1v) is 12.4. The van der Waals surface area contributed by atoms with E-state index in [0.717, 1.165) is 17.3 Å². The zero-order valence-electron chi connectivity index (χ0n) is 22.0. The van der Waals surface area contributed by atoms with Crippen LogP contribution in [-0.4, -0.2) is 44.5 Å². The van der Waals surface area contributed by atoms with E-state index in [0.29, 0.717) is 28.7 Å². The molecule has 1 aliphatic rings. The fraction of sp³-hybridized carbons (Fsp3) is 0.379. The van der Waals surface area contributed by atoms with E-state index in [1.165, 1.54) is 12.1 Å². The number of benzene rings is 2. The monoisotopic (exact) mass is 546 g/mol. The average Bonchev–Trinajstić information content (AvgIpc) is 2.84. The van der Waals surface area contributed by atoms with E-state index in [2.05, 4.69) is 0 Å². The van der Waals surface area contributed by atoms with Gasteiger partial charge in [0.25, 0.3) is 5.56 Å². The molecule has 3 aromatic rings. The quantitative estimate of drug-likeness (QED) is 0.439. The number of aliphatic hydroxyl groups is 1. The van der Waals surface area contributed by atoms with Crippen molar-refractivity contribution in [3.05, 3.63) is 94.4 Å². The van der Waals surface area contributed by atoms with Gasteiger partial charge in [-0.05, 0) is 49.1 Å². The molecule has 210 valence electrons. The summed E-state index contributed by atoms with van der Waals surface area (Å²) in [4.78, 5) is 27.0. The molecule has 4 rings (SSSR count). The van der Waals surface area contributed by atoms with Gasteiger partial charge in [-0.1, -0.05) is 54.6 Å². The molecular weight excluding hydrogens is 513 g/mol. The van der Waals surface area contributed by atoms with E-state index in [1.807, 2.05) is 49.4 Å². The van der Waals surface area contributed by atoms with Crippen molar-refractivity contribution in [3.8, 4) is 11.1 Å². The zero-order valence-corrected chi connectivity index (χ0v) is 22.0. The Balaban J connectivity index is 0.00000420. The Morgan fingerprint density at radius 3 is 2.18 bits per heavy atom. The van der Waals surface area contributed by atoms with Gasteiger partial charge in [0.1, 0.15) is 12.1 Å². The lowest BCUT2D eigenvalue weighted by molar-refractivity contribution is -0.141. The summed E-state index contributed by atoms with van der Waals surface area (Å²) in [6.07, 6.45) is -3.06. The van der Waals surface area contributed by atoms with Crippen LogP contribution >= 0.6 is 0 Å². The third kappa shape index (κ3) is 7.07. The fourth-order valence-corrected chi connectivity index (χ4v) is 5.04. The molecule has 1 aromatic heterocycles. The number of halogens is 3. The van der Waals surface area contributed by atoms with Gasteiger partial charge < -0.3 is 24.8 Å². The molecule has 2 atom stereocenters. The van der Waals surface area contributed by atoms with Crippen molar-refractivity contribution in [3.63, 3.8) is 0 Å². The third-order valence-corrected chi connectivity index (χ3v) is 6.83. The average molecular weight is 547 g/mol. The fourth-order valence-electron chi connectivity index (χ4n) is 5.04. The Hall–Kier alpha value is -3.63. The largest absolute Gasteiger partial charge is 0.438 e. The Kier molecular flexibility index (Phi) is 8.62. The van der Waals surface area contributed by atoms with Gasteiger partial charge in [-0.25, -0.2) is 4.79 Å².